The molecule has 4 nitrogen and oxygen atoms in total. The fraction of sp³-hybridized carbons (Fsp3) is 0.636. The van der Waals surface area contributed by atoms with E-state index in [-0.39, 0.29) is 6.42 Å². The van der Waals surface area contributed by atoms with E-state index in [0.717, 1.165) is 19.4 Å². The van der Waals surface area contributed by atoms with E-state index in [1.807, 2.05) is 6.20 Å². The van der Waals surface area contributed by atoms with Gasteiger partial charge in [-0.1, -0.05) is 0 Å². The zero-order valence-electron chi connectivity index (χ0n) is 8.78. The molecule has 0 saturated heterocycles. The Bertz CT molecular complexity index is 357. The van der Waals surface area contributed by atoms with Crippen LogP contribution in [0.15, 0.2) is 6.20 Å². The Balaban J connectivity index is 1.96. The summed E-state index contributed by atoms with van der Waals surface area (Å²) in [5.74, 6) is -0.712. The number of carboxylic acid groups (broad SMARTS) is 1. The van der Waals surface area contributed by atoms with Crippen LogP contribution in [0.25, 0.3) is 0 Å². The Morgan fingerprint density at radius 3 is 3.20 bits per heavy atom. The van der Waals surface area contributed by atoms with Gasteiger partial charge in [0.05, 0.1) is 6.20 Å². The van der Waals surface area contributed by atoms with E-state index >= 15 is 0 Å². The first kappa shape index (κ1) is 10.2. The van der Waals surface area contributed by atoms with Gasteiger partial charge in [-0.25, -0.2) is 0 Å². The van der Waals surface area contributed by atoms with E-state index in [1.165, 1.54) is 24.1 Å². The second-order valence-electron chi connectivity index (χ2n) is 4.04. The van der Waals surface area contributed by atoms with Gasteiger partial charge in [0.25, 0.3) is 0 Å². The molecule has 1 N–H and O–H groups in total. The summed E-state index contributed by atoms with van der Waals surface area (Å²) in [5.41, 5.74) is 2.57. The molecule has 0 radical (unpaired) electrons. The molecule has 0 saturated carbocycles. The van der Waals surface area contributed by atoms with E-state index in [0.29, 0.717) is 6.42 Å². The van der Waals surface area contributed by atoms with E-state index in [9.17, 15) is 4.79 Å². The number of aryl methyl sites for hydroxylation is 2. The summed E-state index contributed by atoms with van der Waals surface area (Å²) < 4.78 is 2.07. The number of rotatable bonds is 4. The molecule has 2 rings (SSSR count). The van der Waals surface area contributed by atoms with Crippen molar-refractivity contribution < 1.29 is 9.90 Å². The lowest BCUT2D eigenvalue weighted by Crippen LogP contribution is -2.12. The summed E-state index contributed by atoms with van der Waals surface area (Å²) in [6.07, 6.45) is 7.27. The van der Waals surface area contributed by atoms with Crippen LogP contribution in [-0.4, -0.2) is 20.9 Å². The average Bonchev–Trinajstić information content (AvgIpc) is 2.62. The fourth-order valence-electron chi connectivity index (χ4n) is 2.12. The number of fused-ring (bicyclic) bond motifs is 1. The molecular formula is C11H16N2O2. The molecule has 2 heterocycles. The minimum Gasteiger partial charge on any atom is -0.481 e. The third-order valence-electron chi connectivity index (χ3n) is 2.91. The first-order valence-electron chi connectivity index (χ1n) is 5.53. The van der Waals surface area contributed by atoms with Crippen molar-refractivity contribution in [3.63, 3.8) is 0 Å². The maximum atomic E-state index is 10.4. The molecule has 0 atom stereocenters. The molecule has 0 unspecified atom stereocenters. The van der Waals surface area contributed by atoms with Crippen LogP contribution in [0.2, 0.25) is 0 Å². The zero-order valence-corrected chi connectivity index (χ0v) is 8.78. The summed E-state index contributed by atoms with van der Waals surface area (Å²) in [6.45, 7) is 1.02. The molecule has 0 aromatic carbocycles. The summed E-state index contributed by atoms with van der Waals surface area (Å²) in [6, 6.07) is 0. The first-order chi connectivity index (χ1) is 7.27. The lowest BCUT2D eigenvalue weighted by Gasteiger charge is -2.14. The van der Waals surface area contributed by atoms with E-state index in [1.54, 1.807) is 0 Å². The molecule has 0 spiro atoms. The van der Waals surface area contributed by atoms with Crippen LogP contribution in [0, 0.1) is 0 Å². The molecule has 1 aromatic heterocycles. The van der Waals surface area contributed by atoms with Crippen LogP contribution in [0.3, 0.4) is 0 Å². The summed E-state index contributed by atoms with van der Waals surface area (Å²) >= 11 is 0. The molecule has 1 aromatic rings. The van der Waals surface area contributed by atoms with Crippen LogP contribution in [0.4, 0.5) is 0 Å². The first-order valence-corrected chi connectivity index (χ1v) is 5.53. The van der Waals surface area contributed by atoms with Gasteiger partial charge < -0.3 is 5.11 Å². The highest BCUT2D eigenvalue weighted by atomic mass is 16.4. The molecule has 1 aliphatic heterocycles. The molecular weight excluding hydrogens is 192 g/mol. The predicted octanol–water partition coefficient (Wildman–Crippen LogP) is 1.63. The topological polar surface area (TPSA) is 55.1 Å². The lowest BCUT2D eigenvalue weighted by atomic mass is 10.0. The van der Waals surface area contributed by atoms with Gasteiger partial charge in [0.2, 0.25) is 0 Å². The second kappa shape index (κ2) is 4.47. The highest BCUT2D eigenvalue weighted by Gasteiger charge is 2.14. The van der Waals surface area contributed by atoms with Gasteiger partial charge in [-0.2, -0.15) is 5.10 Å². The standard InChI is InChI=1S/C11H16N2O2/c14-11(15)6-3-4-9-8-12-13-7-2-1-5-10(9)13/h8H,1-7H2,(H,14,15). The average molecular weight is 208 g/mol. The summed E-state index contributed by atoms with van der Waals surface area (Å²) in [5, 5.41) is 12.9. The highest BCUT2D eigenvalue weighted by molar-refractivity contribution is 5.66. The quantitative estimate of drug-likeness (QED) is 0.818. The molecule has 0 aliphatic carbocycles. The third kappa shape index (κ3) is 2.37. The minimum absolute atomic E-state index is 0.255. The molecule has 1 aliphatic rings. The van der Waals surface area contributed by atoms with Gasteiger partial charge in [0.15, 0.2) is 0 Å². The van der Waals surface area contributed by atoms with Gasteiger partial charge >= 0.3 is 5.97 Å². The van der Waals surface area contributed by atoms with Crippen molar-refractivity contribution in [2.75, 3.05) is 0 Å². The van der Waals surface area contributed by atoms with Crippen molar-refractivity contribution in [1.82, 2.24) is 9.78 Å². The predicted molar refractivity (Wildman–Crippen MR) is 55.7 cm³/mol. The van der Waals surface area contributed by atoms with Crippen molar-refractivity contribution in [2.24, 2.45) is 0 Å². The Morgan fingerprint density at radius 1 is 1.53 bits per heavy atom. The van der Waals surface area contributed by atoms with Gasteiger partial charge in [-0.3, -0.25) is 9.48 Å². The maximum absolute atomic E-state index is 10.4. The smallest absolute Gasteiger partial charge is 0.303 e. The van der Waals surface area contributed by atoms with Crippen LogP contribution in [-0.2, 0) is 24.2 Å². The van der Waals surface area contributed by atoms with Crippen LogP contribution >= 0.6 is 0 Å². The number of hydrogen-bond donors (Lipinski definition) is 1. The number of nitrogens with zero attached hydrogens (tertiary/aromatic N) is 2. The minimum atomic E-state index is -0.712. The van der Waals surface area contributed by atoms with Gasteiger partial charge in [-0.05, 0) is 37.7 Å². The van der Waals surface area contributed by atoms with Crippen LogP contribution < -0.4 is 0 Å². The van der Waals surface area contributed by atoms with E-state index < -0.39 is 5.97 Å². The molecule has 4 heteroatoms. The Labute approximate surface area is 88.9 Å². The van der Waals surface area contributed by atoms with E-state index in [4.69, 9.17) is 5.11 Å². The number of carbonyl (C=O) groups is 1. The number of aromatic nitrogens is 2. The molecule has 0 amide bonds. The lowest BCUT2D eigenvalue weighted by molar-refractivity contribution is -0.137. The number of carboxylic acids is 1. The molecule has 82 valence electrons. The highest BCUT2D eigenvalue weighted by Crippen LogP contribution is 2.19. The van der Waals surface area contributed by atoms with Crippen molar-refractivity contribution in [1.29, 1.82) is 0 Å². The summed E-state index contributed by atoms with van der Waals surface area (Å²) in [7, 11) is 0. The van der Waals surface area contributed by atoms with Crippen molar-refractivity contribution in [3.05, 3.63) is 17.5 Å². The Hall–Kier alpha value is -1.32. The van der Waals surface area contributed by atoms with E-state index in [2.05, 4.69) is 9.78 Å². The van der Waals surface area contributed by atoms with Crippen LogP contribution in [0.5, 0.6) is 0 Å². The normalized spacial score (nSPS) is 14.9. The van der Waals surface area contributed by atoms with Gasteiger partial charge in [0.1, 0.15) is 0 Å². The van der Waals surface area contributed by atoms with Crippen molar-refractivity contribution >= 4 is 5.97 Å². The fourth-order valence-corrected chi connectivity index (χ4v) is 2.12. The largest absolute Gasteiger partial charge is 0.481 e. The van der Waals surface area contributed by atoms with Crippen molar-refractivity contribution in [3.8, 4) is 0 Å². The van der Waals surface area contributed by atoms with Gasteiger partial charge in [0, 0.05) is 18.7 Å². The second-order valence-corrected chi connectivity index (χ2v) is 4.04. The van der Waals surface area contributed by atoms with Crippen LogP contribution in [0.1, 0.15) is 36.9 Å². The maximum Gasteiger partial charge on any atom is 0.303 e. The number of hydrogen-bond acceptors (Lipinski definition) is 2. The molecule has 0 fully saturated rings. The third-order valence-corrected chi connectivity index (χ3v) is 2.91. The summed E-state index contributed by atoms with van der Waals surface area (Å²) in [4.78, 5) is 10.4. The van der Waals surface area contributed by atoms with Gasteiger partial charge in [-0.15, -0.1) is 0 Å². The van der Waals surface area contributed by atoms with Crippen molar-refractivity contribution in [2.45, 2.75) is 45.1 Å². The zero-order chi connectivity index (χ0) is 10.7. The monoisotopic (exact) mass is 208 g/mol. The molecule has 15 heavy (non-hydrogen) atoms. The molecule has 0 bridgehead atoms. The SMILES string of the molecule is O=C(O)CCCc1cnn2c1CCCC2. The Kier molecular flexibility index (Phi) is 3.04. The Morgan fingerprint density at radius 2 is 2.40 bits per heavy atom. The number of aliphatic carboxylic acids is 1.